The summed E-state index contributed by atoms with van der Waals surface area (Å²) in [4.78, 5) is 44.9. The molecular formula is C27H26ClN7O4S. The maximum atomic E-state index is 13.7. The first-order valence-corrected chi connectivity index (χ1v) is 14.7. The molecule has 0 aliphatic carbocycles. The molecule has 0 radical (unpaired) electrons. The Balaban J connectivity index is 1.26. The molecule has 11 nitrogen and oxygen atoms in total. The monoisotopic (exact) mass is 579 g/mol. The van der Waals surface area contributed by atoms with E-state index in [2.05, 4.69) is 19.9 Å². The van der Waals surface area contributed by atoms with Gasteiger partial charge in [0, 0.05) is 85.4 Å². The van der Waals surface area contributed by atoms with E-state index in [9.17, 15) is 18.0 Å². The number of fused-ring (bicyclic) bond motifs is 1. The van der Waals surface area contributed by atoms with Crippen molar-refractivity contribution in [3.63, 3.8) is 0 Å². The van der Waals surface area contributed by atoms with Crippen LogP contribution in [0.4, 0.5) is 0 Å². The number of amides is 2. The highest BCUT2D eigenvalue weighted by molar-refractivity contribution is 7.89. The fraction of sp³-hybridized carbons (Fsp3) is 0.296. The Hall–Kier alpha value is -3.87. The highest BCUT2D eigenvalue weighted by Gasteiger charge is 2.39. The summed E-state index contributed by atoms with van der Waals surface area (Å²) < 4.78 is 28.7. The average Bonchev–Trinajstić information content (AvgIpc) is 3.59. The van der Waals surface area contributed by atoms with Crippen LogP contribution in [0.1, 0.15) is 23.5 Å². The summed E-state index contributed by atoms with van der Waals surface area (Å²) in [5.74, 6) is -0.396. The lowest BCUT2D eigenvalue weighted by atomic mass is 10.1. The van der Waals surface area contributed by atoms with E-state index in [1.54, 1.807) is 58.9 Å². The number of halogens is 1. The van der Waals surface area contributed by atoms with Gasteiger partial charge in [-0.3, -0.25) is 14.6 Å². The molecular weight excluding hydrogens is 554 g/mol. The molecule has 4 aromatic rings. The van der Waals surface area contributed by atoms with Gasteiger partial charge in [-0.1, -0.05) is 11.6 Å². The number of aromatic amines is 1. The Morgan fingerprint density at radius 2 is 1.80 bits per heavy atom. The second kappa shape index (κ2) is 10.6. The zero-order valence-corrected chi connectivity index (χ0v) is 23.0. The number of aromatic nitrogens is 4. The first kappa shape index (κ1) is 26.4. The van der Waals surface area contributed by atoms with Gasteiger partial charge in [0.05, 0.1) is 6.04 Å². The van der Waals surface area contributed by atoms with E-state index in [0.29, 0.717) is 28.9 Å². The standard InChI is InChI=1S/C27H26ClN7O4S/c28-21-3-4-23-19(12-21)13-24(32-23)40(38,39)34-10-11-35(22(17-34)16-33-9-1-2-25(33)36)27(37)26-30-14-20(15-31-26)18-5-7-29-8-6-18/h3-8,12-15,22,32H,1-2,9-11,16-17H2. The zero-order chi connectivity index (χ0) is 27.9. The van der Waals surface area contributed by atoms with Crippen LogP contribution in [0, 0.1) is 0 Å². The van der Waals surface area contributed by atoms with Crippen molar-refractivity contribution in [2.24, 2.45) is 0 Å². The topological polar surface area (TPSA) is 132 Å². The summed E-state index contributed by atoms with van der Waals surface area (Å²) in [5, 5.41) is 1.25. The summed E-state index contributed by atoms with van der Waals surface area (Å²) in [6.07, 6.45) is 7.67. The molecule has 0 bridgehead atoms. The molecule has 1 unspecified atom stereocenters. The Morgan fingerprint density at radius 3 is 2.52 bits per heavy atom. The SMILES string of the molecule is O=C1CCCN1CC1CN(S(=O)(=O)c2cc3cc(Cl)ccc3[nH]2)CCN1C(=O)c1ncc(-c2ccncc2)cn1. The van der Waals surface area contributed by atoms with Gasteiger partial charge in [0.2, 0.25) is 11.7 Å². The van der Waals surface area contributed by atoms with E-state index in [-0.39, 0.29) is 42.9 Å². The smallest absolute Gasteiger partial charge is 0.292 e. The lowest BCUT2D eigenvalue weighted by Gasteiger charge is -2.41. The van der Waals surface area contributed by atoms with Gasteiger partial charge in [0.15, 0.2) is 0 Å². The van der Waals surface area contributed by atoms with Crippen molar-refractivity contribution in [3.8, 4) is 11.1 Å². The molecule has 2 aliphatic rings. The van der Waals surface area contributed by atoms with Crippen LogP contribution in [0.3, 0.4) is 0 Å². The van der Waals surface area contributed by atoms with Gasteiger partial charge in [-0.05, 0) is 48.4 Å². The van der Waals surface area contributed by atoms with Gasteiger partial charge in [0.25, 0.3) is 15.9 Å². The van der Waals surface area contributed by atoms with Crippen molar-refractivity contribution in [1.82, 2.24) is 34.0 Å². The number of nitrogens with zero attached hydrogens (tertiary/aromatic N) is 6. The number of sulfonamides is 1. The Bertz CT molecular complexity index is 1680. The van der Waals surface area contributed by atoms with E-state index in [4.69, 9.17) is 11.6 Å². The number of carbonyl (C=O) groups is 2. The van der Waals surface area contributed by atoms with Gasteiger partial charge in [-0.25, -0.2) is 18.4 Å². The highest BCUT2D eigenvalue weighted by Crippen LogP contribution is 2.27. The molecule has 1 N–H and O–H groups in total. The van der Waals surface area contributed by atoms with Crippen LogP contribution in [-0.4, -0.2) is 93.0 Å². The summed E-state index contributed by atoms with van der Waals surface area (Å²) in [6.45, 7) is 1.05. The molecule has 2 saturated heterocycles. The lowest BCUT2D eigenvalue weighted by Crippen LogP contribution is -2.60. The number of likely N-dealkylation sites (tertiary alicyclic amines) is 1. The van der Waals surface area contributed by atoms with Crippen LogP contribution in [-0.2, 0) is 14.8 Å². The number of H-pyrrole nitrogens is 1. The quantitative estimate of drug-likeness (QED) is 0.371. The van der Waals surface area contributed by atoms with Crippen molar-refractivity contribution in [2.45, 2.75) is 23.9 Å². The van der Waals surface area contributed by atoms with Crippen LogP contribution in [0.5, 0.6) is 0 Å². The number of hydrogen-bond acceptors (Lipinski definition) is 7. The van der Waals surface area contributed by atoms with Gasteiger partial charge in [-0.15, -0.1) is 0 Å². The minimum absolute atomic E-state index is 0.00201. The molecule has 1 atom stereocenters. The van der Waals surface area contributed by atoms with Gasteiger partial charge in [0.1, 0.15) is 5.03 Å². The largest absolute Gasteiger partial charge is 0.345 e. The van der Waals surface area contributed by atoms with Crippen LogP contribution in [0.2, 0.25) is 5.02 Å². The van der Waals surface area contributed by atoms with E-state index < -0.39 is 22.0 Å². The van der Waals surface area contributed by atoms with Crippen LogP contribution >= 0.6 is 11.6 Å². The average molecular weight is 580 g/mol. The molecule has 6 rings (SSSR count). The van der Waals surface area contributed by atoms with Crippen molar-refractivity contribution >= 4 is 44.3 Å². The van der Waals surface area contributed by atoms with Crippen molar-refractivity contribution in [2.75, 3.05) is 32.7 Å². The Kier molecular flexibility index (Phi) is 6.99. The lowest BCUT2D eigenvalue weighted by molar-refractivity contribution is -0.128. The molecule has 13 heteroatoms. The summed E-state index contributed by atoms with van der Waals surface area (Å²) in [6, 6.07) is 9.76. The van der Waals surface area contributed by atoms with Gasteiger partial charge in [-0.2, -0.15) is 4.31 Å². The predicted octanol–water partition coefficient (Wildman–Crippen LogP) is 2.81. The van der Waals surface area contributed by atoms with Crippen molar-refractivity contribution in [1.29, 1.82) is 0 Å². The number of hydrogen-bond donors (Lipinski definition) is 1. The summed E-state index contributed by atoms with van der Waals surface area (Å²) in [5.41, 5.74) is 2.27. The third-order valence-electron chi connectivity index (χ3n) is 7.34. The molecule has 2 fully saturated rings. The second-order valence-corrected chi connectivity index (χ2v) is 12.2. The molecule has 40 heavy (non-hydrogen) atoms. The number of pyridine rings is 1. The first-order valence-electron chi connectivity index (χ1n) is 12.9. The third kappa shape index (κ3) is 5.05. The molecule has 3 aromatic heterocycles. The normalized spacial score (nSPS) is 18.5. The maximum Gasteiger partial charge on any atom is 0.292 e. The van der Waals surface area contributed by atoms with Crippen molar-refractivity contribution < 1.29 is 18.0 Å². The molecule has 2 amide bonds. The number of rotatable bonds is 6. The van der Waals surface area contributed by atoms with Crippen molar-refractivity contribution in [3.05, 3.63) is 72.0 Å². The van der Waals surface area contributed by atoms with Gasteiger partial charge < -0.3 is 14.8 Å². The molecule has 0 saturated carbocycles. The molecule has 5 heterocycles. The fourth-order valence-electron chi connectivity index (χ4n) is 5.24. The first-order chi connectivity index (χ1) is 19.3. The minimum Gasteiger partial charge on any atom is -0.345 e. The third-order valence-corrected chi connectivity index (χ3v) is 9.36. The van der Waals surface area contributed by atoms with E-state index in [0.717, 1.165) is 17.5 Å². The molecule has 0 spiro atoms. The number of piperazine rings is 1. The Labute approximate surface area is 235 Å². The zero-order valence-electron chi connectivity index (χ0n) is 21.4. The summed E-state index contributed by atoms with van der Waals surface area (Å²) >= 11 is 6.08. The second-order valence-electron chi connectivity index (χ2n) is 9.86. The van der Waals surface area contributed by atoms with E-state index >= 15 is 0 Å². The minimum atomic E-state index is -3.91. The van der Waals surface area contributed by atoms with Crippen LogP contribution in [0.15, 0.2) is 66.2 Å². The van der Waals surface area contributed by atoms with Crippen LogP contribution < -0.4 is 0 Å². The number of carbonyl (C=O) groups excluding carboxylic acids is 2. The molecule has 1 aromatic carbocycles. The highest BCUT2D eigenvalue weighted by atomic mass is 35.5. The van der Waals surface area contributed by atoms with Gasteiger partial charge >= 0.3 is 0 Å². The van der Waals surface area contributed by atoms with Crippen LogP contribution in [0.25, 0.3) is 22.0 Å². The molecule has 2 aliphatic heterocycles. The Morgan fingerprint density at radius 1 is 1.02 bits per heavy atom. The number of nitrogens with one attached hydrogen (secondary N) is 1. The predicted molar refractivity (Wildman–Crippen MR) is 148 cm³/mol. The maximum absolute atomic E-state index is 13.7. The molecule has 206 valence electrons. The van der Waals surface area contributed by atoms with E-state index in [1.807, 2.05) is 12.1 Å². The fourth-order valence-corrected chi connectivity index (χ4v) is 6.90. The summed E-state index contributed by atoms with van der Waals surface area (Å²) in [7, 11) is -3.91. The number of benzene rings is 1. The van der Waals surface area contributed by atoms with E-state index in [1.165, 1.54) is 4.31 Å².